The van der Waals surface area contributed by atoms with Crippen LogP contribution in [0.2, 0.25) is 0 Å². The maximum absolute atomic E-state index is 12.2. The lowest BCUT2D eigenvalue weighted by molar-refractivity contribution is -0.121. The van der Waals surface area contributed by atoms with Crippen molar-refractivity contribution < 1.29 is 19.1 Å². The number of hydrogen-bond acceptors (Lipinski definition) is 4. The van der Waals surface area contributed by atoms with Gasteiger partial charge in [0.15, 0.2) is 0 Å². The van der Waals surface area contributed by atoms with E-state index >= 15 is 0 Å². The van der Waals surface area contributed by atoms with Crippen LogP contribution in [-0.4, -0.2) is 37.5 Å². The Kier molecular flexibility index (Phi) is 8.23. The summed E-state index contributed by atoms with van der Waals surface area (Å²) in [6.07, 6.45) is 8.92. The molecule has 2 rings (SSSR count). The van der Waals surface area contributed by atoms with Crippen LogP contribution in [-0.2, 0) is 19.1 Å². The molecule has 0 bridgehead atoms. The van der Waals surface area contributed by atoms with Crippen LogP contribution in [0.25, 0.3) is 0 Å². The standard InChI is InChI=1S/C23H38O4/c1-6-7-18(25)8-9-20-19(16(2)3)10-12-23(4)21(20)14-22(27-23)17(15-24)11-13-26-5/h11,15-16,19-22H,6-10,12-14H2,1-5H3/b17-11+. The molecule has 2 fully saturated rings. The molecule has 0 N–H and O–H groups in total. The lowest BCUT2D eigenvalue weighted by Gasteiger charge is -2.47. The summed E-state index contributed by atoms with van der Waals surface area (Å²) in [5.74, 6) is 2.52. The molecule has 5 unspecified atom stereocenters. The van der Waals surface area contributed by atoms with Gasteiger partial charge in [-0.15, -0.1) is 0 Å². The summed E-state index contributed by atoms with van der Waals surface area (Å²) in [5.41, 5.74) is 0.512. The largest absolute Gasteiger partial charge is 0.381 e. The highest BCUT2D eigenvalue weighted by molar-refractivity contribution is 5.78. The zero-order valence-electron chi connectivity index (χ0n) is 17.8. The number of rotatable bonds is 10. The van der Waals surface area contributed by atoms with Crippen molar-refractivity contribution in [3.8, 4) is 0 Å². The molecule has 4 heteroatoms. The van der Waals surface area contributed by atoms with E-state index in [2.05, 4.69) is 27.7 Å². The number of ketones is 1. The van der Waals surface area contributed by atoms with Crippen molar-refractivity contribution in [3.05, 3.63) is 11.6 Å². The van der Waals surface area contributed by atoms with Crippen LogP contribution >= 0.6 is 0 Å². The van der Waals surface area contributed by atoms with E-state index in [4.69, 9.17) is 9.47 Å². The summed E-state index contributed by atoms with van der Waals surface area (Å²) in [4.78, 5) is 23.8. The first kappa shape index (κ1) is 22.3. The van der Waals surface area contributed by atoms with E-state index in [-0.39, 0.29) is 11.7 Å². The number of fused-ring (bicyclic) bond motifs is 1. The summed E-state index contributed by atoms with van der Waals surface area (Å²) < 4.78 is 11.6. The minimum absolute atomic E-state index is 0.146. The van der Waals surface area contributed by atoms with Crippen LogP contribution < -0.4 is 0 Å². The summed E-state index contributed by atoms with van der Waals surface area (Å²) in [6.45, 7) is 9.32. The number of carbonyl (C=O) groups is 2. The molecule has 1 aliphatic heterocycles. The van der Waals surface area contributed by atoms with Gasteiger partial charge in [-0.25, -0.2) is 0 Å². The molecule has 1 aliphatic carbocycles. The zero-order chi connectivity index (χ0) is 20.0. The van der Waals surface area contributed by atoms with Gasteiger partial charge in [0.25, 0.3) is 0 Å². The second-order valence-electron chi connectivity index (χ2n) is 8.98. The highest BCUT2D eigenvalue weighted by Gasteiger charge is 2.53. The van der Waals surface area contributed by atoms with E-state index in [1.54, 1.807) is 7.11 Å². The molecule has 0 radical (unpaired) electrons. The molecule has 4 nitrogen and oxygen atoms in total. The molecule has 154 valence electrons. The van der Waals surface area contributed by atoms with Crippen LogP contribution in [0, 0.1) is 23.7 Å². The van der Waals surface area contributed by atoms with E-state index in [0.29, 0.717) is 54.5 Å². The van der Waals surface area contributed by atoms with E-state index < -0.39 is 0 Å². The maximum atomic E-state index is 12.2. The smallest absolute Gasteiger partial charge is 0.148 e. The number of Topliss-reactive ketones (excluding diaryl/α,β-unsaturated/α-hetero) is 1. The summed E-state index contributed by atoms with van der Waals surface area (Å²) in [6, 6.07) is 0. The van der Waals surface area contributed by atoms with Crippen LogP contribution in [0.15, 0.2) is 11.6 Å². The van der Waals surface area contributed by atoms with Gasteiger partial charge in [0.1, 0.15) is 12.1 Å². The van der Waals surface area contributed by atoms with Crippen molar-refractivity contribution in [2.45, 2.75) is 84.3 Å². The Morgan fingerprint density at radius 3 is 2.67 bits per heavy atom. The van der Waals surface area contributed by atoms with E-state index in [1.807, 2.05) is 6.08 Å². The SMILES string of the molecule is CCCC(=O)CCC1C(C(C)C)CCC2(C)OC(/C(C=O)=C/COC)CC12. The Labute approximate surface area is 165 Å². The molecule has 27 heavy (non-hydrogen) atoms. The normalized spacial score (nSPS) is 33.9. The fourth-order valence-corrected chi connectivity index (χ4v) is 5.39. The Bertz CT molecular complexity index is 538. The molecule has 0 amide bonds. The molecule has 2 aliphatic rings. The molecule has 1 saturated heterocycles. The summed E-state index contributed by atoms with van der Waals surface area (Å²) >= 11 is 0. The molecular formula is C23H38O4. The Hall–Kier alpha value is -1.00. The van der Waals surface area contributed by atoms with Gasteiger partial charge >= 0.3 is 0 Å². The monoisotopic (exact) mass is 378 g/mol. The van der Waals surface area contributed by atoms with Gasteiger partial charge in [-0.1, -0.05) is 20.8 Å². The molecular weight excluding hydrogens is 340 g/mol. The fraction of sp³-hybridized carbons (Fsp3) is 0.826. The quantitative estimate of drug-likeness (QED) is 0.406. The van der Waals surface area contributed by atoms with Crippen LogP contribution in [0.3, 0.4) is 0 Å². The molecule has 0 spiro atoms. The average Bonchev–Trinajstić information content (AvgIpc) is 2.97. The summed E-state index contributed by atoms with van der Waals surface area (Å²) in [5, 5.41) is 0. The highest BCUT2D eigenvalue weighted by atomic mass is 16.5. The Balaban J connectivity index is 2.19. The Morgan fingerprint density at radius 2 is 2.07 bits per heavy atom. The second-order valence-corrected chi connectivity index (χ2v) is 8.98. The topological polar surface area (TPSA) is 52.6 Å². The van der Waals surface area contributed by atoms with Crippen molar-refractivity contribution >= 4 is 12.1 Å². The first-order valence-corrected chi connectivity index (χ1v) is 10.7. The van der Waals surface area contributed by atoms with Gasteiger partial charge in [-0.05, 0) is 68.8 Å². The van der Waals surface area contributed by atoms with Crippen molar-refractivity contribution in [3.63, 3.8) is 0 Å². The van der Waals surface area contributed by atoms with Gasteiger partial charge < -0.3 is 9.47 Å². The third-order valence-corrected chi connectivity index (χ3v) is 6.84. The molecule has 0 aromatic rings. The van der Waals surface area contributed by atoms with Crippen LogP contribution in [0.5, 0.6) is 0 Å². The zero-order valence-corrected chi connectivity index (χ0v) is 17.8. The van der Waals surface area contributed by atoms with E-state index in [1.165, 1.54) is 0 Å². The first-order valence-electron chi connectivity index (χ1n) is 10.7. The number of aldehydes is 1. The van der Waals surface area contributed by atoms with Gasteiger partial charge in [-0.2, -0.15) is 0 Å². The predicted molar refractivity (Wildman–Crippen MR) is 108 cm³/mol. The minimum atomic E-state index is -0.191. The Morgan fingerprint density at radius 1 is 1.33 bits per heavy atom. The molecule has 1 saturated carbocycles. The molecule has 0 aromatic carbocycles. The van der Waals surface area contributed by atoms with Gasteiger partial charge in [-0.3, -0.25) is 9.59 Å². The number of methoxy groups -OCH3 is 1. The third kappa shape index (κ3) is 5.29. The van der Waals surface area contributed by atoms with Gasteiger partial charge in [0.2, 0.25) is 0 Å². The van der Waals surface area contributed by atoms with Crippen LogP contribution in [0.1, 0.15) is 72.6 Å². The third-order valence-electron chi connectivity index (χ3n) is 6.84. The molecule has 5 atom stereocenters. The minimum Gasteiger partial charge on any atom is -0.381 e. The van der Waals surface area contributed by atoms with Crippen molar-refractivity contribution in [1.82, 2.24) is 0 Å². The van der Waals surface area contributed by atoms with E-state index in [9.17, 15) is 9.59 Å². The highest BCUT2D eigenvalue weighted by Crippen LogP contribution is 2.54. The number of carbonyl (C=O) groups excluding carboxylic acids is 2. The lowest BCUT2D eigenvalue weighted by atomic mass is 9.60. The molecule has 0 aromatic heterocycles. The van der Waals surface area contributed by atoms with E-state index in [0.717, 1.165) is 38.4 Å². The maximum Gasteiger partial charge on any atom is 0.148 e. The second kappa shape index (κ2) is 9.97. The predicted octanol–water partition coefficient (Wildman–Crippen LogP) is 4.75. The van der Waals surface area contributed by atoms with Gasteiger partial charge in [0.05, 0.1) is 18.3 Å². The van der Waals surface area contributed by atoms with Gasteiger partial charge in [0, 0.05) is 25.5 Å². The average molecular weight is 379 g/mol. The van der Waals surface area contributed by atoms with Crippen LogP contribution in [0.4, 0.5) is 0 Å². The number of hydrogen-bond donors (Lipinski definition) is 0. The molecule has 1 heterocycles. The summed E-state index contributed by atoms with van der Waals surface area (Å²) in [7, 11) is 1.63. The van der Waals surface area contributed by atoms with Crippen molar-refractivity contribution in [1.29, 1.82) is 0 Å². The van der Waals surface area contributed by atoms with Crippen molar-refractivity contribution in [2.24, 2.45) is 23.7 Å². The number of ether oxygens (including phenoxy) is 2. The van der Waals surface area contributed by atoms with Crippen molar-refractivity contribution in [2.75, 3.05) is 13.7 Å². The first-order chi connectivity index (χ1) is 12.9. The fourth-order valence-electron chi connectivity index (χ4n) is 5.39. The lowest BCUT2D eigenvalue weighted by Crippen LogP contribution is -2.45.